The Balaban J connectivity index is 2.02. The van der Waals surface area contributed by atoms with Gasteiger partial charge in [0.25, 0.3) is 0 Å². The second-order valence-electron chi connectivity index (χ2n) is 5.06. The lowest BCUT2D eigenvalue weighted by Gasteiger charge is -2.26. The lowest BCUT2D eigenvalue weighted by atomic mass is 10.0. The van der Waals surface area contributed by atoms with E-state index >= 15 is 0 Å². The summed E-state index contributed by atoms with van der Waals surface area (Å²) in [4.78, 5) is 4.54. The first kappa shape index (κ1) is 12.2. The van der Waals surface area contributed by atoms with Crippen molar-refractivity contribution in [2.75, 3.05) is 11.9 Å². The molecule has 3 rings (SSSR count). The molecule has 1 unspecified atom stereocenters. The zero-order chi connectivity index (χ0) is 13.4. The summed E-state index contributed by atoms with van der Waals surface area (Å²) in [6.07, 6.45) is 3.94. The van der Waals surface area contributed by atoms with E-state index in [9.17, 15) is 4.39 Å². The van der Waals surface area contributed by atoms with E-state index in [1.807, 2.05) is 12.1 Å². The SMILES string of the molecule is CCc1cn2c(n1)NCCC2c1ccc(C)c(F)c1. The summed E-state index contributed by atoms with van der Waals surface area (Å²) in [6.45, 7) is 4.76. The first-order valence-corrected chi connectivity index (χ1v) is 6.76. The zero-order valence-corrected chi connectivity index (χ0v) is 11.3. The standard InChI is InChI=1S/C15H18FN3/c1-3-12-9-19-14(6-7-17-15(19)18-12)11-5-4-10(2)13(16)8-11/h4-5,8-9,14H,3,6-7H2,1-2H3,(H,17,18). The monoisotopic (exact) mass is 259 g/mol. The molecule has 19 heavy (non-hydrogen) atoms. The van der Waals surface area contributed by atoms with Crippen LogP contribution in [0.3, 0.4) is 0 Å². The van der Waals surface area contributed by atoms with E-state index in [2.05, 4.69) is 28.0 Å². The largest absolute Gasteiger partial charge is 0.356 e. The number of imidazole rings is 1. The molecule has 2 heterocycles. The van der Waals surface area contributed by atoms with E-state index in [4.69, 9.17) is 0 Å². The van der Waals surface area contributed by atoms with E-state index in [0.29, 0.717) is 5.56 Å². The number of nitrogens with zero attached hydrogens (tertiary/aromatic N) is 2. The molecule has 0 bridgehead atoms. The Bertz CT molecular complexity index is 603. The molecule has 0 saturated carbocycles. The highest BCUT2D eigenvalue weighted by atomic mass is 19.1. The van der Waals surface area contributed by atoms with E-state index in [1.54, 1.807) is 13.0 Å². The molecule has 100 valence electrons. The van der Waals surface area contributed by atoms with Crippen molar-refractivity contribution < 1.29 is 4.39 Å². The Labute approximate surface area is 112 Å². The Morgan fingerprint density at radius 1 is 1.47 bits per heavy atom. The molecule has 0 spiro atoms. The number of anilines is 1. The summed E-state index contributed by atoms with van der Waals surface area (Å²) in [5.74, 6) is 0.766. The maximum Gasteiger partial charge on any atom is 0.203 e. The Morgan fingerprint density at radius 2 is 2.32 bits per heavy atom. The van der Waals surface area contributed by atoms with E-state index in [0.717, 1.165) is 36.6 Å². The summed E-state index contributed by atoms with van der Waals surface area (Å²) in [5, 5.41) is 3.30. The topological polar surface area (TPSA) is 29.9 Å². The number of fused-ring (bicyclic) bond motifs is 1. The molecule has 0 radical (unpaired) electrons. The van der Waals surface area contributed by atoms with Gasteiger partial charge in [0.15, 0.2) is 0 Å². The quantitative estimate of drug-likeness (QED) is 0.896. The van der Waals surface area contributed by atoms with Crippen molar-refractivity contribution in [2.45, 2.75) is 32.7 Å². The molecule has 1 aliphatic heterocycles. The number of aromatic nitrogens is 2. The van der Waals surface area contributed by atoms with Crippen molar-refractivity contribution in [1.82, 2.24) is 9.55 Å². The number of benzene rings is 1. The lowest BCUT2D eigenvalue weighted by Crippen LogP contribution is -2.23. The van der Waals surface area contributed by atoms with Crippen LogP contribution in [-0.4, -0.2) is 16.1 Å². The van der Waals surface area contributed by atoms with Gasteiger partial charge in [-0.15, -0.1) is 0 Å². The first-order chi connectivity index (χ1) is 9.19. The average Bonchev–Trinajstić information content (AvgIpc) is 2.85. The highest BCUT2D eigenvalue weighted by Crippen LogP contribution is 2.30. The number of aryl methyl sites for hydroxylation is 2. The molecule has 1 aliphatic rings. The second-order valence-corrected chi connectivity index (χ2v) is 5.06. The van der Waals surface area contributed by atoms with Gasteiger partial charge < -0.3 is 9.88 Å². The third-order valence-electron chi connectivity index (χ3n) is 3.76. The molecule has 1 aromatic heterocycles. The Hall–Kier alpha value is -1.84. The van der Waals surface area contributed by atoms with Crippen molar-refractivity contribution in [3.63, 3.8) is 0 Å². The van der Waals surface area contributed by atoms with Crippen LogP contribution in [0.1, 0.15) is 36.2 Å². The molecular formula is C15H18FN3. The molecule has 0 amide bonds. The summed E-state index contributed by atoms with van der Waals surface area (Å²) in [6, 6.07) is 5.70. The maximum absolute atomic E-state index is 13.7. The van der Waals surface area contributed by atoms with Crippen LogP contribution in [0.4, 0.5) is 10.3 Å². The molecule has 1 aromatic carbocycles. The highest BCUT2D eigenvalue weighted by molar-refractivity contribution is 5.37. The van der Waals surface area contributed by atoms with Crippen LogP contribution in [-0.2, 0) is 6.42 Å². The molecule has 4 heteroatoms. The highest BCUT2D eigenvalue weighted by Gasteiger charge is 2.22. The van der Waals surface area contributed by atoms with Crippen molar-refractivity contribution >= 4 is 5.95 Å². The van der Waals surface area contributed by atoms with Crippen molar-refractivity contribution in [3.05, 3.63) is 47.0 Å². The summed E-state index contributed by atoms with van der Waals surface area (Å²) < 4.78 is 15.9. The average molecular weight is 259 g/mol. The van der Waals surface area contributed by atoms with Gasteiger partial charge in [-0.3, -0.25) is 0 Å². The van der Waals surface area contributed by atoms with Crippen LogP contribution in [0.25, 0.3) is 0 Å². The number of halogens is 1. The van der Waals surface area contributed by atoms with Gasteiger partial charge in [0.05, 0.1) is 11.7 Å². The normalized spacial score (nSPS) is 17.9. The smallest absolute Gasteiger partial charge is 0.203 e. The van der Waals surface area contributed by atoms with Gasteiger partial charge in [0.1, 0.15) is 5.82 Å². The summed E-state index contributed by atoms with van der Waals surface area (Å²) >= 11 is 0. The fourth-order valence-electron chi connectivity index (χ4n) is 2.59. The number of hydrogen-bond donors (Lipinski definition) is 1. The van der Waals surface area contributed by atoms with Crippen LogP contribution < -0.4 is 5.32 Å². The number of nitrogens with one attached hydrogen (secondary N) is 1. The van der Waals surface area contributed by atoms with Crippen LogP contribution in [0.15, 0.2) is 24.4 Å². The predicted octanol–water partition coefficient (Wildman–Crippen LogP) is 3.30. The summed E-state index contributed by atoms with van der Waals surface area (Å²) in [7, 11) is 0. The minimum atomic E-state index is -0.131. The fourth-order valence-corrected chi connectivity index (χ4v) is 2.59. The molecular weight excluding hydrogens is 241 g/mol. The van der Waals surface area contributed by atoms with Crippen LogP contribution in [0, 0.1) is 12.7 Å². The Kier molecular flexibility index (Phi) is 3.01. The second kappa shape index (κ2) is 4.68. The first-order valence-electron chi connectivity index (χ1n) is 6.76. The van der Waals surface area contributed by atoms with Gasteiger partial charge in [-0.25, -0.2) is 9.37 Å². The number of rotatable bonds is 2. The lowest BCUT2D eigenvalue weighted by molar-refractivity contribution is 0.524. The van der Waals surface area contributed by atoms with Gasteiger partial charge in [-0.2, -0.15) is 0 Å². The molecule has 1 N–H and O–H groups in total. The van der Waals surface area contributed by atoms with Crippen LogP contribution in [0.5, 0.6) is 0 Å². The van der Waals surface area contributed by atoms with Crippen LogP contribution >= 0.6 is 0 Å². The van der Waals surface area contributed by atoms with Gasteiger partial charge in [0.2, 0.25) is 5.95 Å². The molecule has 3 nitrogen and oxygen atoms in total. The Morgan fingerprint density at radius 3 is 3.05 bits per heavy atom. The van der Waals surface area contributed by atoms with E-state index in [-0.39, 0.29) is 11.9 Å². The molecule has 1 atom stereocenters. The number of hydrogen-bond acceptors (Lipinski definition) is 2. The zero-order valence-electron chi connectivity index (χ0n) is 11.3. The summed E-state index contributed by atoms with van der Waals surface area (Å²) in [5.41, 5.74) is 2.78. The molecule has 0 aliphatic carbocycles. The van der Waals surface area contributed by atoms with Gasteiger partial charge in [-0.05, 0) is 37.0 Å². The van der Waals surface area contributed by atoms with Crippen molar-refractivity contribution in [2.24, 2.45) is 0 Å². The van der Waals surface area contributed by atoms with Crippen molar-refractivity contribution in [1.29, 1.82) is 0 Å². The van der Waals surface area contributed by atoms with Gasteiger partial charge >= 0.3 is 0 Å². The van der Waals surface area contributed by atoms with E-state index < -0.39 is 0 Å². The fraction of sp³-hybridized carbons (Fsp3) is 0.400. The minimum absolute atomic E-state index is 0.131. The maximum atomic E-state index is 13.7. The van der Waals surface area contributed by atoms with Crippen molar-refractivity contribution in [3.8, 4) is 0 Å². The van der Waals surface area contributed by atoms with E-state index in [1.165, 1.54) is 0 Å². The minimum Gasteiger partial charge on any atom is -0.356 e. The van der Waals surface area contributed by atoms with Crippen LogP contribution in [0.2, 0.25) is 0 Å². The third-order valence-corrected chi connectivity index (χ3v) is 3.76. The third kappa shape index (κ3) is 2.11. The molecule has 0 fully saturated rings. The predicted molar refractivity (Wildman–Crippen MR) is 74.0 cm³/mol. The molecule has 2 aromatic rings. The van der Waals surface area contributed by atoms with Gasteiger partial charge in [0, 0.05) is 12.7 Å². The molecule has 0 saturated heterocycles. The van der Waals surface area contributed by atoms with Gasteiger partial charge in [-0.1, -0.05) is 19.1 Å².